The molecule has 0 bridgehead atoms. The zero-order valence-electron chi connectivity index (χ0n) is 12.0. The minimum atomic E-state index is 0.296. The second-order valence-electron chi connectivity index (χ2n) is 4.92. The van der Waals surface area contributed by atoms with Crippen molar-refractivity contribution in [1.29, 1.82) is 0 Å². The van der Waals surface area contributed by atoms with Crippen LogP contribution in [0.4, 0.5) is 0 Å². The first-order valence-corrected chi connectivity index (χ1v) is 7.15. The van der Waals surface area contributed by atoms with Gasteiger partial charge in [-0.05, 0) is 48.7 Å². The van der Waals surface area contributed by atoms with Crippen LogP contribution in [-0.2, 0) is 6.42 Å². The summed E-state index contributed by atoms with van der Waals surface area (Å²) in [5, 5.41) is 0. The number of hydrogen-bond acceptors (Lipinski definition) is 3. The van der Waals surface area contributed by atoms with Crippen LogP contribution >= 0.6 is 0 Å². The summed E-state index contributed by atoms with van der Waals surface area (Å²) >= 11 is 0. The summed E-state index contributed by atoms with van der Waals surface area (Å²) in [5.41, 5.74) is 8.38. The van der Waals surface area contributed by atoms with E-state index in [1.165, 1.54) is 11.1 Å². The molecule has 0 saturated heterocycles. The van der Waals surface area contributed by atoms with Gasteiger partial charge in [0.05, 0.1) is 6.61 Å². The molecule has 1 aromatic heterocycles. The molecule has 106 valence electrons. The minimum Gasteiger partial charge on any atom is -0.494 e. The predicted molar refractivity (Wildman–Crippen MR) is 82.0 cm³/mol. The molecular formula is C17H22N2O. The molecule has 1 unspecified atom stereocenters. The van der Waals surface area contributed by atoms with Crippen LogP contribution in [0, 0.1) is 0 Å². The van der Waals surface area contributed by atoms with Gasteiger partial charge in [0, 0.05) is 18.3 Å². The maximum Gasteiger partial charge on any atom is 0.119 e. The van der Waals surface area contributed by atoms with Crippen molar-refractivity contribution in [3.8, 4) is 5.75 Å². The summed E-state index contributed by atoms with van der Waals surface area (Å²) in [6, 6.07) is 12.3. The Labute approximate surface area is 120 Å². The smallest absolute Gasteiger partial charge is 0.119 e. The van der Waals surface area contributed by atoms with Gasteiger partial charge in [-0.2, -0.15) is 0 Å². The van der Waals surface area contributed by atoms with Crippen molar-refractivity contribution in [2.24, 2.45) is 5.73 Å². The van der Waals surface area contributed by atoms with E-state index >= 15 is 0 Å². The van der Waals surface area contributed by atoms with Gasteiger partial charge in [0.2, 0.25) is 0 Å². The molecule has 20 heavy (non-hydrogen) atoms. The topological polar surface area (TPSA) is 48.1 Å². The van der Waals surface area contributed by atoms with Crippen molar-refractivity contribution in [2.75, 3.05) is 13.2 Å². The van der Waals surface area contributed by atoms with Gasteiger partial charge < -0.3 is 10.5 Å². The van der Waals surface area contributed by atoms with E-state index < -0.39 is 0 Å². The second kappa shape index (κ2) is 7.65. The summed E-state index contributed by atoms with van der Waals surface area (Å²) in [4.78, 5) is 4.16. The van der Waals surface area contributed by atoms with Gasteiger partial charge in [0.25, 0.3) is 0 Å². The van der Waals surface area contributed by atoms with E-state index in [0.717, 1.165) is 25.2 Å². The summed E-state index contributed by atoms with van der Waals surface area (Å²) in [6.45, 7) is 3.47. The van der Waals surface area contributed by atoms with Crippen LogP contribution in [0.3, 0.4) is 0 Å². The number of ether oxygens (including phenoxy) is 1. The average molecular weight is 270 g/mol. The third-order valence-electron chi connectivity index (χ3n) is 3.29. The van der Waals surface area contributed by atoms with Crippen LogP contribution in [-0.4, -0.2) is 18.1 Å². The van der Waals surface area contributed by atoms with Crippen molar-refractivity contribution in [2.45, 2.75) is 25.7 Å². The van der Waals surface area contributed by atoms with Gasteiger partial charge in [-0.25, -0.2) is 0 Å². The lowest BCUT2D eigenvalue weighted by Gasteiger charge is -2.16. The molecule has 1 atom stereocenters. The summed E-state index contributed by atoms with van der Waals surface area (Å²) in [7, 11) is 0. The number of aromatic nitrogens is 1. The SMILES string of the molecule is CCCOc1cccc(C(CN)Cc2cccnc2)c1. The molecular weight excluding hydrogens is 248 g/mol. The fraction of sp³-hybridized carbons (Fsp3) is 0.353. The van der Waals surface area contributed by atoms with Gasteiger partial charge in [0.15, 0.2) is 0 Å². The first-order valence-electron chi connectivity index (χ1n) is 7.15. The highest BCUT2D eigenvalue weighted by molar-refractivity contribution is 5.32. The van der Waals surface area contributed by atoms with E-state index in [0.29, 0.717) is 12.5 Å². The van der Waals surface area contributed by atoms with Crippen LogP contribution in [0.1, 0.15) is 30.4 Å². The molecule has 2 rings (SSSR count). The van der Waals surface area contributed by atoms with Crippen LogP contribution in [0.15, 0.2) is 48.8 Å². The molecule has 0 aliphatic heterocycles. The molecule has 0 amide bonds. The fourth-order valence-electron chi connectivity index (χ4n) is 2.22. The van der Waals surface area contributed by atoms with E-state index in [9.17, 15) is 0 Å². The highest BCUT2D eigenvalue weighted by Crippen LogP contribution is 2.23. The zero-order chi connectivity index (χ0) is 14.2. The largest absolute Gasteiger partial charge is 0.494 e. The van der Waals surface area contributed by atoms with Crippen molar-refractivity contribution >= 4 is 0 Å². The van der Waals surface area contributed by atoms with E-state index in [1.807, 2.05) is 24.4 Å². The van der Waals surface area contributed by atoms with E-state index in [2.05, 4.69) is 30.1 Å². The average Bonchev–Trinajstić information content (AvgIpc) is 2.52. The first-order chi connectivity index (χ1) is 9.83. The van der Waals surface area contributed by atoms with Crippen molar-refractivity contribution < 1.29 is 4.74 Å². The minimum absolute atomic E-state index is 0.296. The first kappa shape index (κ1) is 14.5. The molecule has 3 nitrogen and oxygen atoms in total. The van der Waals surface area contributed by atoms with Crippen LogP contribution < -0.4 is 10.5 Å². The number of nitrogens with two attached hydrogens (primary N) is 1. The Hall–Kier alpha value is -1.87. The molecule has 3 heteroatoms. The molecule has 2 aromatic rings. The monoisotopic (exact) mass is 270 g/mol. The number of hydrogen-bond donors (Lipinski definition) is 1. The molecule has 1 aromatic carbocycles. The normalized spacial score (nSPS) is 12.1. The summed E-state index contributed by atoms with van der Waals surface area (Å²) in [6.07, 6.45) is 5.61. The number of rotatable bonds is 7. The van der Waals surface area contributed by atoms with Crippen LogP contribution in [0.25, 0.3) is 0 Å². The highest BCUT2D eigenvalue weighted by Gasteiger charge is 2.11. The Balaban J connectivity index is 2.10. The second-order valence-corrected chi connectivity index (χ2v) is 4.92. The number of nitrogens with zero attached hydrogens (tertiary/aromatic N) is 1. The molecule has 0 aliphatic carbocycles. The Kier molecular flexibility index (Phi) is 5.56. The van der Waals surface area contributed by atoms with Gasteiger partial charge in [0.1, 0.15) is 5.75 Å². The molecule has 0 spiro atoms. The van der Waals surface area contributed by atoms with E-state index in [1.54, 1.807) is 6.20 Å². The molecule has 0 fully saturated rings. The van der Waals surface area contributed by atoms with Gasteiger partial charge in [-0.1, -0.05) is 25.1 Å². The van der Waals surface area contributed by atoms with Crippen LogP contribution in [0.2, 0.25) is 0 Å². The Morgan fingerprint density at radius 3 is 2.85 bits per heavy atom. The summed E-state index contributed by atoms with van der Waals surface area (Å²) < 4.78 is 5.69. The zero-order valence-corrected chi connectivity index (χ0v) is 12.0. The third-order valence-corrected chi connectivity index (χ3v) is 3.29. The van der Waals surface area contributed by atoms with Crippen LogP contribution in [0.5, 0.6) is 5.75 Å². The van der Waals surface area contributed by atoms with E-state index in [-0.39, 0.29) is 0 Å². The number of benzene rings is 1. The predicted octanol–water partition coefficient (Wildman–Crippen LogP) is 3.16. The molecule has 0 saturated carbocycles. The lowest BCUT2D eigenvalue weighted by Crippen LogP contribution is -2.15. The van der Waals surface area contributed by atoms with E-state index in [4.69, 9.17) is 10.5 Å². The molecule has 0 aliphatic rings. The fourth-order valence-corrected chi connectivity index (χ4v) is 2.22. The molecule has 0 radical (unpaired) electrons. The van der Waals surface area contributed by atoms with Gasteiger partial charge >= 0.3 is 0 Å². The number of pyridine rings is 1. The third kappa shape index (κ3) is 4.07. The Bertz CT molecular complexity index is 513. The van der Waals surface area contributed by atoms with Crippen molar-refractivity contribution in [3.63, 3.8) is 0 Å². The lowest BCUT2D eigenvalue weighted by atomic mass is 9.92. The lowest BCUT2D eigenvalue weighted by molar-refractivity contribution is 0.317. The maximum atomic E-state index is 5.94. The maximum absolute atomic E-state index is 5.94. The van der Waals surface area contributed by atoms with Crippen molar-refractivity contribution in [1.82, 2.24) is 4.98 Å². The standard InChI is InChI=1S/C17H22N2O/c1-2-9-20-17-7-3-6-15(11-17)16(12-18)10-14-5-4-8-19-13-14/h3-8,11,13,16H,2,9-10,12,18H2,1H3. The molecule has 2 N–H and O–H groups in total. The molecule has 1 heterocycles. The highest BCUT2D eigenvalue weighted by atomic mass is 16.5. The van der Waals surface area contributed by atoms with Crippen molar-refractivity contribution in [3.05, 3.63) is 59.9 Å². The Morgan fingerprint density at radius 2 is 2.15 bits per heavy atom. The summed E-state index contributed by atoms with van der Waals surface area (Å²) in [5.74, 6) is 1.22. The van der Waals surface area contributed by atoms with Gasteiger partial charge in [-0.15, -0.1) is 0 Å². The van der Waals surface area contributed by atoms with Gasteiger partial charge in [-0.3, -0.25) is 4.98 Å². The quantitative estimate of drug-likeness (QED) is 0.840. The Morgan fingerprint density at radius 1 is 1.25 bits per heavy atom.